The Kier molecular flexibility index (Phi) is 3.28. The summed E-state index contributed by atoms with van der Waals surface area (Å²) in [7, 11) is 0. The van der Waals surface area contributed by atoms with E-state index in [2.05, 4.69) is 10.3 Å². The van der Waals surface area contributed by atoms with Crippen LogP contribution in [0.2, 0.25) is 0 Å². The van der Waals surface area contributed by atoms with Crippen LogP contribution in [0.25, 0.3) is 0 Å². The number of nitriles is 1. The van der Waals surface area contributed by atoms with Crippen LogP contribution in [0.15, 0.2) is 12.3 Å². The van der Waals surface area contributed by atoms with Crippen molar-refractivity contribution in [2.24, 2.45) is 0 Å². The predicted octanol–water partition coefficient (Wildman–Crippen LogP) is 1.66. The first-order valence-electron chi connectivity index (χ1n) is 4.62. The van der Waals surface area contributed by atoms with E-state index in [0.717, 1.165) is 6.92 Å². The summed E-state index contributed by atoms with van der Waals surface area (Å²) in [6, 6.07) is 1.86. The van der Waals surface area contributed by atoms with Crippen molar-refractivity contribution in [3.63, 3.8) is 0 Å². The molecule has 1 unspecified atom stereocenters. The van der Waals surface area contributed by atoms with E-state index in [9.17, 15) is 13.6 Å². The third-order valence-corrected chi connectivity index (χ3v) is 2.16. The van der Waals surface area contributed by atoms with Gasteiger partial charge in [0, 0.05) is 13.1 Å². The summed E-state index contributed by atoms with van der Waals surface area (Å²) in [4.78, 5) is 14.0. The van der Waals surface area contributed by atoms with Crippen molar-refractivity contribution in [2.75, 3.05) is 0 Å². The second kappa shape index (κ2) is 4.31. The molecule has 1 aromatic heterocycles. The molecule has 0 saturated heterocycles. The van der Waals surface area contributed by atoms with E-state index < -0.39 is 17.9 Å². The molecule has 4 nitrogen and oxygen atoms in total. The molecule has 1 rings (SSSR count). The molecule has 0 aliphatic rings. The Hall–Kier alpha value is -1.90. The van der Waals surface area contributed by atoms with Gasteiger partial charge in [0.2, 0.25) is 0 Å². The molecule has 0 spiro atoms. The fourth-order valence-electron chi connectivity index (χ4n) is 0.991. The van der Waals surface area contributed by atoms with Crippen LogP contribution in [0.5, 0.6) is 0 Å². The van der Waals surface area contributed by atoms with Crippen LogP contribution in [-0.2, 0) is 0 Å². The Morgan fingerprint density at radius 2 is 2.31 bits per heavy atom. The largest absolute Gasteiger partial charge is 0.356 e. The highest BCUT2D eigenvalue weighted by atomic mass is 19.3. The number of aromatic nitrogens is 1. The normalized spacial score (nSPS) is 12.9. The number of nitrogens with zero attached hydrogens (tertiary/aromatic N) is 1. The molecule has 1 heterocycles. The Morgan fingerprint density at radius 3 is 2.75 bits per heavy atom. The minimum absolute atomic E-state index is 0.0904. The Balaban J connectivity index is 2.70. The van der Waals surface area contributed by atoms with E-state index in [1.807, 2.05) is 6.07 Å². The summed E-state index contributed by atoms with van der Waals surface area (Å²) in [6.45, 7) is 1.94. The highest BCUT2D eigenvalue weighted by Gasteiger charge is 2.31. The summed E-state index contributed by atoms with van der Waals surface area (Å²) in [5, 5.41) is 10.7. The van der Waals surface area contributed by atoms with Gasteiger partial charge in [-0.15, -0.1) is 0 Å². The molecule has 0 aliphatic heterocycles. The van der Waals surface area contributed by atoms with Crippen LogP contribution < -0.4 is 5.32 Å². The molecule has 0 bridgehead atoms. The maximum atomic E-state index is 12.8. The Morgan fingerprint density at radius 1 is 1.69 bits per heavy atom. The topological polar surface area (TPSA) is 68.7 Å². The highest BCUT2D eigenvalue weighted by Crippen LogP contribution is 2.17. The number of carbonyl (C=O) groups is 1. The first kappa shape index (κ1) is 12.2. The van der Waals surface area contributed by atoms with Crippen LogP contribution in [0.4, 0.5) is 8.78 Å². The number of nitrogens with one attached hydrogen (secondary N) is 2. The zero-order valence-corrected chi connectivity index (χ0v) is 8.84. The van der Waals surface area contributed by atoms with Crippen molar-refractivity contribution >= 4 is 5.91 Å². The smallest absolute Gasteiger partial charge is 0.268 e. The van der Waals surface area contributed by atoms with Gasteiger partial charge in [-0.25, -0.2) is 8.78 Å². The molecule has 0 radical (unpaired) electrons. The molecule has 0 aliphatic carbocycles. The lowest BCUT2D eigenvalue weighted by Gasteiger charge is -2.20. The average Bonchev–Trinajstić information content (AvgIpc) is 2.64. The first-order chi connectivity index (χ1) is 7.34. The SMILES string of the molecule is CC(NC(=O)c1cc(C#N)c[nH]1)C(C)(F)F. The van der Waals surface area contributed by atoms with Crippen LogP contribution in [-0.4, -0.2) is 22.9 Å². The van der Waals surface area contributed by atoms with Gasteiger partial charge in [-0.3, -0.25) is 4.79 Å². The lowest BCUT2D eigenvalue weighted by molar-refractivity contribution is -0.0108. The van der Waals surface area contributed by atoms with E-state index in [1.54, 1.807) is 0 Å². The molecule has 0 fully saturated rings. The lowest BCUT2D eigenvalue weighted by atomic mass is 10.2. The lowest BCUT2D eigenvalue weighted by Crippen LogP contribution is -2.43. The zero-order chi connectivity index (χ0) is 12.3. The van der Waals surface area contributed by atoms with Gasteiger partial charge in [0.05, 0.1) is 11.6 Å². The molecular weight excluding hydrogens is 216 g/mol. The van der Waals surface area contributed by atoms with Gasteiger partial charge in [-0.2, -0.15) is 5.26 Å². The van der Waals surface area contributed by atoms with Crippen LogP contribution >= 0.6 is 0 Å². The van der Waals surface area contributed by atoms with Gasteiger partial charge in [0.25, 0.3) is 11.8 Å². The van der Waals surface area contributed by atoms with Gasteiger partial charge in [0.1, 0.15) is 11.8 Å². The molecule has 16 heavy (non-hydrogen) atoms. The third-order valence-electron chi connectivity index (χ3n) is 2.16. The summed E-state index contributed by atoms with van der Waals surface area (Å²) in [5.41, 5.74) is 0.369. The summed E-state index contributed by atoms with van der Waals surface area (Å²) in [6.07, 6.45) is 1.34. The standard InChI is InChI=1S/C10H11F2N3O/c1-6(10(2,11)12)15-9(16)8-3-7(4-13)5-14-8/h3,5-6,14H,1-2H3,(H,15,16). The van der Waals surface area contributed by atoms with Crippen LogP contribution in [0, 0.1) is 11.3 Å². The van der Waals surface area contributed by atoms with Gasteiger partial charge >= 0.3 is 0 Å². The van der Waals surface area contributed by atoms with Crippen molar-refractivity contribution in [3.8, 4) is 6.07 Å². The van der Waals surface area contributed by atoms with Crippen molar-refractivity contribution in [2.45, 2.75) is 25.8 Å². The number of hydrogen-bond donors (Lipinski definition) is 2. The number of rotatable bonds is 3. The Labute approximate surface area is 91.3 Å². The number of H-pyrrole nitrogens is 1. The zero-order valence-electron chi connectivity index (χ0n) is 8.84. The van der Waals surface area contributed by atoms with Gasteiger partial charge in [0.15, 0.2) is 0 Å². The molecule has 6 heteroatoms. The van der Waals surface area contributed by atoms with Crippen molar-refractivity contribution in [1.29, 1.82) is 5.26 Å². The summed E-state index contributed by atoms with van der Waals surface area (Å²) in [5.74, 6) is -3.64. The third kappa shape index (κ3) is 2.79. The minimum atomic E-state index is -2.99. The van der Waals surface area contributed by atoms with E-state index in [-0.39, 0.29) is 11.3 Å². The summed E-state index contributed by atoms with van der Waals surface area (Å²) < 4.78 is 25.6. The van der Waals surface area contributed by atoms with Gasteiger partial charge in [-0.05, 0) is 13.0 Å². The molecule has 1 aromatic rings. The molecule has 0 aromatic carbocycles. The molecule has 2 N–H and O–H groups in total. The molecule has 0 saturated carbocycles. The highest BCUT2D eigenvalue weighted by molar-refractivity contribution is 5.93. The van der Waals surface area contributed by atoms with Crippen molar-refractivity contribution in [3.05, 3.63) is 23.5 Å². The maximum absolute atomic E-state index is 12.8. The van der Waals surface area contributed by atoms with Crippen LogP contribution in [0.3, 0.4) is 0 Å². The maximum Gasteiger partial charge on any atom is 0.268 e. The number of aromatic amines is 1. The van der Waals surface area contributed by atoms with E-state index in [0.29, 0.717) is 0 Å². The monoisotopic (exact) mass is 227 g/mol. The fraction of sp³-hybridized carbons (Fsp3) is 0.400. The minimum Gasteiger partial charge on any atom is -0.356 e. The van der Waals surface area contributed by atoms with Gasteiger partial charge in [-0.1, -0.05) is 0 Å². The molecule has 1 atom stereocenters. The number of halogens is 2. The molecular formula is C10H11F2N3O. The summed E-state index contributed by atoms with van der Waals surface area (Å²) >= 11 is 0. The fourth-order valence-corrected chi connectivity index (χ4v) is 0.991. The number of amides is 1. The Bertz CT molecular complexity index is 428. The number of carbonyl (C=O) groups excluding carboxylic acids is 1. The quantitative estimate of drug-likeness (QED) is 0.824. The van der Waals surface area contributed by atoms with Crippen molar-refractivity contribution in [1.82, 2.24) is 10.3 Å². The molecule has 86 valence electrons. The second-order valence-electron chi connectivity index (χ2n) is 3.57. The second-order valence-corrected chi connectivity index (χ2v) is 3.57. The van der Waals surface area contributed by atoms with Crippen LogP contribution in [0.1, 0.15) is 29.9 Å². The van der Waals surface area contributed by atoms with E-state index >= 15 is 0 Å². The van der Waals surface area contributed by atoms with Gasteiger partial charge < -0.3 is 10.3 Å². The van der Waals surface area contributed by atoms with Crippen molar-refractivity contribution < 1.29 is 13.6 Å². The average molecular weight is 227 g/mol. The van der Waals surface area contributed by atoms with E-state index in [1.165, 1.54) is 19.2 Å². The first-order valence-corrected chi connectivity index (χ1v) is 4.62. The molecule has 1 amide bonds. The predicted molar refractivity (Wildman–Crippen MR) is 53.1 cm³/mol. The number of alkyl halides is 2. The van der Waals surface area contributed by atoms with E-state index in [4.69, 9.17) is 5.26 Å². The number of hydrogen-bond acceptors (Lipinski definition) is 2.